The van der Waals surface area contributed by atoms with Gasteiger partial charge in [-0.3, -0.25) is 4.79 Å². The minimum absolute atomic E-state index is 0.186. The zero-order valence-electron chi connectivity index (χ0n) is 16.8. The van der Waals surface area contributed by atoms with Gasteiger partial charge in [-0.25, -0.2) is 0 Å². The fourth-order valence-corrected chi connectivity index (χ4v) is 2.90. The number of benzene rings is 2. The molecule has 0 unspecified atom stereocenters. The Morgan fingerprint density at radius 3 is 2.24 bits per heavy atom. The summed E-state index contributed by atoms with van der Waals surface area (Å²) < 4.78 is 21.3. The van der Waals surface area contributed by atoms with Crippen LogP contribution >= 0.6 is 0 Å². The molecule has 1 aromatic heterocycles. The lowest BCUT2D eigenvalue weighted by atomic mass is 10.1. The van der Waals surface area contributed by atoms with Gasteiger partial charge >= 0.3 is 0 Å². The van der Waals surface area contributed by atoms with Crippen LogP contribution in [0.4, 0.5) is 0 Å². The number of rotatable bonds is 8. The summed E-state index contributed by atoms with van der Waals surface area (Å²) in [5, 5.41) is 4.00. The molecule has 0 N–H and O–H groups in total. The normalized spacial score (nSPS) is 10.5. The summed E-state index contributed by atoms with van der Waals surface area (Å²) in [7, 11) is 4.53. The van der Waals surface area contributed by atoms with Gasteiger partial charge in [0.25, 0.3) is 5.91 Å². The maximum absolute atomic E-state index is 13.1. The minimum Gasteiger partial charge on any atom is -0.493 e. The average Bonchev–Trinajstić information content (AvgIpc) is 3.25. The van der Waals surface area contributed by atoms with Crippen LogP contribution < -0.4 is 14.2 Å². The Hall–Kier alpha value is -3.55. The molecule has 0 atom stereocenters. The van der Waals surface area contributed by atoms with Crippen molar-refractivity contribution < 1.29 is 23.5 Å². The molecule has 0 radical (unpaired) electrons. The van der Waals surface area contributed by atoms with Crippen LogP contribution in [0.5, 0.6) is 17.2 Å². The summed E-state index contributed by atoms with van der Waals surface area (Å²) in [6.45, 7) is 2.52. The zero-order chi connectivity index (χ0) is 20.8. The van der Waals surface area contributed by atoms with Crippen molar-refractivity contribution in [3.8, 4) is 28.6 Å². The fraction of sp³-hybridized carbons (Fsp3) is 0.286. The quantitative estimate of drug-likeness (QED) is 0.575. The molecule has 29 heavy (non-hydrogen) atoms. The van der Waals surface area contributed by atoms with Gasteiger partial charge in [0.1, 0.15) is 6.54 Å². The summed E-state index contributed by atoms with van der Waals surface area (Å²) in [5.74, 6) is 1.87. The molecule has 0 aliphatic carbocycles. The van der Waals surface area contributed by atoms with E-state index in [9.17, 15) is 4.79 Å². The van der Waals surface area contributed by atoms with Gasteiger partial charge in [-0.1, -0.05) is 35.5 Å². The Morgan fingerprint density at radius 1 is 1.03 bits per heavy atom. The van der Waals surface area contributed by atoms with Crippen molar-refractivity contribution in [1.29, 1.82) is 0 Å². The van der Waals surface area contributed by atoms with Gasteiger partial charge in [-0.15, -0.1) is 0 Å². The molecule has 3 aromatic rings. The highest BCUT2D eigenvalue weighted by molar-refractivity contribution is 5.95. The number of ether oxygens (including phenoxy) is 3. The second kappa shape index (κ2) is 9.09. The second-order valence-corrected chi connectivity index (χ2v) is 6.11. The number of hydrogen-bond acceptors (Lipinski definition) is 7. The van der Waals surface area contributed by atoms with E-state index in [-0.39, 0.29) is 12.5 Å². The topological polar surface area (TPSA) is 86.9 Å². The maximum atomic E-state index is 13.1. The van der Waals surface area contributed by atoms with Crippen molar-refractivity contribution in [2.75, 3.05) is 27.9 Å². The molecular formula is C21H23N3O5. The number of hydrogen-bond donors (Lipinski definition) is 0. The van der Waals surface area contributed by atoms with Gasteiger partial charge in [0.2, 0.25) is 17.5 Å². The molecule has 0 bridgehead atoms. The van der Waals surface area contributed by atoms with E-state index in [4.69, 9.17) is 18.7 Å². The van der Waals surface area contributed by atoms with Crippen molar-refractivity contribution in [2.45, 2.75) is 13.5 Å². The van der Waals surface area contributed by atoms with Crippen LogP contribution in [0.25, 0.3) is 11.4 Å². The number of carbonyl (C=O) groups excluding carboxylic acids is 1. The summed E-state index contributed by atoms with van der Waals surface area (Å²) in [5.41, 5.74) is 1.26. The van der Waals surface area contributed by atoms with Crippen LogP contribution in [0.15, 0.2) is 47.0 Å². The third-order valence-corrected chi connectivity index (χ3v) is 4.41. The molecule has 0 spiro atoms. The molecule has 8 nitrogen and oxygen atoms in total. The van der Waals surface area contributed by atoms with Gasteiger partial charge in [0, 0.05) is 17.7 Å². The van der Waals surface area contributed by atoms with E-state index in [2.05, 4.69) is 10.1 Å². The highest BCUT2D eigenvalue weighted by Crippen LogP contribution is 2.38. The first kappa shape index (κ1) is 20.2. The van der Waals surface area contributed by atoms with Gasteiger partial charge in [0.15, 0.2) is 11.5 Å². The number of carbonyl (C=O) groups is 1. The lowest BCUT2D eigenvalue weighted by Gasteiger charge is -2.20. The first-order valence-corrected chi connectivity index (χ1v) is 9.08. The second-order valence-electron chi connectivity index (χ2n) is 6.11. The highest BCUT2D eigenvalue weighted by atomic mass is 16.5. The number of aromatic nitrogens is 2. The number of amides is 1. The Balaban J connectivity index is 1.84. The monoisotopic (exact) mass is 397 g/mol. The summed E-state index contributed by atoms with van der Waals surface area (Å²) in [4.78, 5) is 19.1. The Bertz CT molecular complexity index is 946. The molecule has 1 amide bonds. The lowest BCUT2D eigenvalue weighted by molar-refractivity contribution is 0.0733. The Labute approximate surface area is 169 Å². The standard InChI is InChI=1S/C21H23N3O5/c1-5-24(13-18-22-20(23-29-18)14-9-7-6-8-10-14)21(25)15-11-16(26-2)19(28-4)17(12-15)27-3/h6-12H,5,13H2,1-4H3. The van der Waals surface area contributed by atoms with E-state index < -0.39 is 0 Å². The molecule has 1 heterocycles. The highest BCUT2D eigenvalue weighted by Gasteiger charge is 2.22. The number of methoxy groups -OCH3 is 3. The van der Waals surface area contributed by atoms with E-state index in [1.807, 2.05) is 37.3 Å². The van der Waals surface area contributed by atoms with E-state index >= 15 is 0 Å². The minimum atomic E-state index is -0.216. The van der Waals surface area contributed by atoms with Crippen molar-refractivity contribution in [2.24, 2.45) is 0 Å². The average molecular weight is 397 g/mol. The first-order valence-electron chi connectivity index (χ1n) is 9.08. The molecule has 8 heteroatoms. The molecule has 0 aliphatic heterocycles. The van der Waals surface area contributed by atoms with Crippen LogP contribution in [-0.4, -0.2) is 48.8 Å². The van der Waals surface area contributed by atoms with Crippen molar-refractivity contribution in [3.05, 3.63) is 53.9 Å². The van der Waals surface area contributed by atoms with Crippen LogP contribution in [0.3, 0.4) is 0 Å². The molecule has 0 saturated carbocycles. The zero-order valence-corrected chi connectivity index (χ0v) is 16.8. The Kier molecular flexibility index (Phi) is 6.33. The summed E-state index contributed by atoms with van der Waals surface area (Å²) in [6.07, 6.45) is 0. The van der Waals surface area contributed by atoms with Crippen LogP contribution in [0.2, 0.25) is 0 Å². The van der Waals surface area contributed by atoms with Gasteiger partial charge < -0.3 is 23.6 Å². The summed E-state index contributed by atoms with van der Waals surface area (Å²) in [6, 6.07) is 12.8. The van der Waals surface area contributed by atoms with E-state index in [1.165, 1.54) is 21.3 Å². The number of nitrogens with zero attached hydrogens (tertiary/aromatic N) is 3. The first-order chi connectivity index (χ1) is 14.1. The molecule has 0 fully saturated rings. The van der Waals surface area contributed by atoms with E-state index in [1.54, 1.807) is 17.0 Å². The predicted octanol–water partition coefficient (Wildman–Crippen LogP) is 3.42. The fourth-order valence-electron chi connectivity index (χ4n) is 2.90. The molecule has 0 saturated heterocycles. The van der Waals surface area contributed by atoms with Crippen molar-refractivity contribution >= 4 is 5.91 Å². The predicted molar refractivity (Wildman–Crippen MR) is 106 cm³/mol. The molecule has 0 aliphatic rings. The largest absolute Gasteiger partial charge is 0.493 e. The molecule has 2 aromatic carbocycles. The Morgan fingerprint density at radius 2 is 1.69 bits per heavy atom. The summed E-state index contributed by atoms with van der Waals surface area (Å²) >= 11 is 0. The van der Waals surface area contributed by atoms with E-state index in [0.29, 0.717) is 41.1 Å². The third kappa shape index (κ3) is 4.31. The van der Waals surface area contributed by atoms with Gasteiger partial charge in [-0.2, -0.15) is 4.98 Å². The molecular weight excluding hydrogens is 374 g/mol. The smallest absolute Gasteiger partial charge is 0.254 e. The van der Waals surface area contributed by atoms with Crippen LogP contribution in [-0.2, 0) is 6.54 Å². The van der Waals surface area contributed by atoms with Gasteiger partial charge in [0.05, 0.1) is 21.3 Å². The lowest BCUT2D eigenvalue weighted by Crippen LogP contribution is -2.30. The van der Waals surface area contributed by atoms with Crippen molar-refractivity contribution in [3.63, 3.8) is 0 Å². The third-order valence-electron chi connectivity index (χ3n) is 4.41. The SMILES string of the molecule is CCN(Cc1nc(-c2ccccc2)no1)C(=O)c1cc(OC)c(OC)c(OC)c1. The maximum Gasteiger partial charge on any atom is 0.254 e. The van der Waals surface area contributed by atoms with Crippen LogP contribution in [0, 0.1) is 0 Å². The van der Waals surface area contributed by atoms with Crippen LogP contribution in [0.1, 0.15) is 23.2 Å². The molecule has 3 rings (SSSR count). The van der Waals surface area contributed by atoms with Crippen molar-refractivity contribution in [1.82, 2.24) is 15.0 Å². The van der Waals surface area contributed by atoms with Gasteiger partial charge in [-0.05, 0) is 19.1 Å². The molecule has 152 valence electrons. The van der Waals surface area contributed by atoms with E-state index in [0.717, 1.165) is 5.56 Å².